The number of benzene rings is 3. The van der Waals surface area contributed by atoms with E-state index >= 15 is 0 Å². The van der Waals surface area contributed by atoms with Crippen molar-refractivity contribution in [2.75, 3.05) is 24.6 Å². The molecule has 3 aromatic carbocycles. The zero-order valence-corrected chi connectivity index (χ0v) is 19.7. The van der Waals surface area contributed by atoms with Crippen molar-refractivity contribution in [1.82, 2.24) is 4.90 Å². The molecule has 0 bridgehead atoms. The summed E-state index contributed by atoms with van der Waals surface area (Å²) in [5.41, 5.74) is 0.572. The lowest BCUT2D eigenvalue weighted by molar-refractivity contribution is -0.135. The first-order valence-electron chi connectivity index (χ1n) is 11.5. The van der Waals surface area contributed by atoms with Crippen LogP contribution in [0.15, 0.2) is 66.7 Å². The Morgan fingerprint density at radius 3 is 2.59 bits per heavy atom. The molecule has 0 saturated heterocycles. The fourth-order valence-corrected chi connectivity index (χ4v) is 4.14. The van der Waals surface area contributed by atoms with Crippen molar-refractivity contribution in [3.63, 3.8) is 0 Å². The number of anilines is 1. The number of rotatable bonds is 8. The van der Waals surface area contributed by atoms with Crippen molar-refractivity contribution in [1.29, 1.82) is 0 Å². The Bertz CT molecular complexity index is 1170. The topological polar surface area (TPSA) is 79.3 Å². The van der Waals surface area contributed by atoms with Crippen LogP contribution in [0.4, 0.5) is 5.69 Å². The summed E-state index contributed by atoms with van der Waals surface area (Å²) < 4.78 is 11.6. The molecule has 2 atom stereocenters. The summed E-state index contributed by atoms with van der Waals surface area (Å²) >= 11 is 0. The molecule has 1 aliphatic rings. The number of para-hydroxylation sites is 2. The van der Waals surface area contributed by atoms with Crippen molar-refractivity contribution >= 4 is 28.3 Å². The van der Waals surface area contributed by atoms with Gasteiger partial charge in [-0.2, -0.15) is 0 Å². The van der Waals surface area contributed by atoms with Crippen LogP contribution in [0.3, 0.4) is 0 Å². The first-order valence-corrected chi connectivity index (χ1v) is 11.5. The third-order valence-corrected chi connectivity index (χ3v) is 5.90. The minimum absolute atomic E-state index is 0.0425. The van der Waals surface area contributed by atoms with Crippen LogP contribution in [0.1, 0.15) is 20.8 Å². The number of aliphatic hydroxyl groups excluding tert-OH is 1. The Labute approximate surface area is 199 Å². The molecule has 0 unspecified atom stereocenters. The van der Waals surface area contributed by atoms with Gasteiger partial charge in [-0.3, -0.25) is 14.5 Å². The average molecular weight is 463 g/mol. The summed E-state index contributed by atoms with van der Waals surface area (Å²) in [6.45, 7) is 5.45. The molecule has 34 heavy (non-hydrogen) atoms. The van der Waals surface area contributed by atoms with Gasteiger partial charge in [0.1, 0.15) is 30.8 Å². The Morgan fingerprint density at radius 2 is 1.79 bits per heavy atom. The normalized spacial score (nSPS) is 16.2. The van der Waals surface area contributed by atoms with E-state index in [-0.39, 0.29) is 37.6 Å². The summed E-state index contributed by atoms with van der Waals surface area (Å²) in [5.74, 6) is 0.734. The lowest BCUT2D eigenvalue weighted by Gasteiger charge is -2.35. The van der Waals surface area contributed by atoms with E-state index in [0.29, 0.717) is 17.2 Å². The number of ether oxygens (including phenoxy) is 2. The Balaban J connectivity index is 1.43. The van der Waals surface area contributed by atoms with Crippen LogP contribution < -0.4 is 14.4 Å². The smallest absolute Gasteiger partial charge is 0.268 e. The number of amides is 2. The number of carbonyl (C=O) groups excluding carboxylic acids is 2. The number of nitrogens with zero attached hydrogens (tertiary/aromatic N) is 2. The molecule has 2 amide bonds. The number of carbonyl (C=O) groups is 2. The quantitative estimate of drug-likeness (QED) is 0.553. The third kappa shape index (κ3) is 4.99. The van der Waals surface area contributed by atoms with Gasteiger partial charge in [0.25, 0.3) is 5.91 Å². The third-order valence-electron chi connectivity index (χ3n) is 5.90. The highest BCUT2D eigenvalue weighted by molar-refractivity contribution is 6.03. The van der Waals surface area contributed by atoms with E-state index in [1.165, 1.54) is 4.90 Å². The summed E-state index contributed by atoms with van der Waals surface area (Å²) in [4.78, 5) is 29.0. The maximum atomic E-state index is 13.2. The fourth-order valence-electron chi connectivity index (χ4n) is 4.14. The van der Waals surface area contributed by atoms with Crippen LogP contribution in [-0.2, 0) is 9.59 Å². The van der Waals surface area contributed by atoms with Crippen molar-refractivity contribution in [3.8, 4) is 11.5 Å². The zero-order chi connectivity index (χ0) is 24.2. The van der Waals surface area contributed by atoms with Gasteiger partial charge in [-0.25, -0.2) is 0 Å². The van der Waals surface area contributed by atoms with Gasteiger partial charge in [-0.05, 0) is 44.4 Å². The summed E-state index contributed by atoms with van der Waals surface area (Å²) in [7, 11) is 0. The number of hydrogen-bond donors (Lipinski definition) is 1. The lowest BCUT2D eigenvalue weighted by atomic mass is 10.1. The van der Waals surface area contributed by atoms with Crippen LogP contribution >= 0.6 is 0 Å². The van der Waals surface area contributed by atoms with Gasteiger partial charge < -0.3 is 19.5 Å². The summed E-state index contributed by atoms with van der Waals surface area (Å²) in [6, 6.07) is 20.7. The highest BCUT2D eigenvalue weighted by atomic mass is 16.5. The van der Waals surface area contributed by atoms with Crippen molar-refractivity contribution in [2.45, 2.75) is 39.0 Å². The lowest BCUT2D eigenvalue weighted by Crippen LogP contribution is -2.52. The van der Waals surface area contributed by atoms with Crippen LogP contribution in [0.25, 0.3) is 10.8 Å². The zero-order valence-electron chi connectivity index (χ0n) is 19.7. The molecule has 0 radical (unpaired) electrons. The molecule has 0 saturated carbocycles. The molecule has 1 N–H and O–H groups in total. The van der Waals surface area contributed by atoms with Crippen LogP contribution in [0.5, 0.6) is 11.5 Å². The monoisotopic (exact) mass is 462 g/mol. The van der Waals surface area contributed by atoms with Gasteiger partial charge in [0, 0.05) is 11.4 Å². The molecule has 0 aromatic heterocycles. The van der Waals surface area contributed by atoms with Crippen LogP contribution in [-0.4, -0.2) is 59.8 Å². The number of aliphatic hydroxyl groups is 1. The van der Waals surface area contributed by atoms with Gasteiger partial charge in [-0.1, -0.05) is 48.5 Å². The van der Waals surface area contributed by atoms with Crippen LogP contribution in [0.2, 0.25) is 0 Å². The highest BCUT2D eigenvalue weighted by Gasteiger charge is 2.34. The first-order chi connectivity index (χ1) is 16.3. The number of hydrogen-bond acceptors (Lipinski definition) is 5. The molecular formula is C27H30N2O5. The van der Waals surface area contributed by atoms with E-state index < -0.39 is 12.2 Å². The van der Waals surface area contributed by atoms with Crippen molar-refractivity contribution in [3.05, 3.63) is 66.7 Å². The Hall–Kier alpha value is -3.58. The second-order valence-electron chi connectivity index (χ2n) is 8.73. The van der Waals surface area contributed by atoms with Gasteiger partial charge in [0.15, 0.2) is 6.10 Å². The predicted octanol–water partition coefficient (Wildman–Crippen LogP) is 3.63. The molecule has 7 heteroatoms. The molecule has 0 spiro atoms. The molecule has 7 nitrogen and oxygen atoms in total. The molecule has 178 valence electrons. The van der Waals surface area contributed by atoms with Gasteiger partial charge in [-0.15, -0.1) is 0 Å². The van der Waals surface area contributed by atoms with Gasteiger partial charge in [0.05, 0.1) is 12.2 Å². The van der Waals surface area contributed by atoms with Gasteiger partial charge >= 0.3 is 0 Å². The van der Waals surface area contributed by atoms with Crippen LogP contribution in [0, 0.1) is 0 Å². The molecule has 1 heterocycles. The molecule has 0 aliphatic carbocycles. The van der Waals surface area contributed by atoms with E-state index in [0.717, 1.165) is 10.8 Å². The second kappa shape index (κ2) is 10.1. The summed E-state index contributed by atoms with van der Waals surface area (Å²) in [6.07, 6.45) is -1.56. The standard InChI is InChI=1S/C27H30N2O5/c1-18(2)28(15-21(30)17-33-24-14-8-10-20-9-4-5-11-22(20)24)26(31)16-29-23-12-6-7-13-25(23)34-19(3)27(29)32/h4-14,18-19,21,30H,15-17H2,1-3H3/t19-,21+/m1/s1. The fraction of sp³-hybridized carbons (Fsp3) is 0.333. The van der Waals surface area contributed by atoms with Crippen molar-refractivity contribution in [2.24, 2.45) is 0 Å². The Morgan fingerprint density at radius 1 is 1.09 bits per heavy atom. The predicted molar refractivity (Wildman–Crippen MR) is 131 cm³/mol. The number of fused-ring (bicyclic) bond motifs is 2. The largest absolute Gasteiger partial charge is 0.490 e. The minimum atomic E-state index is -0.892. The molecule has 4 rings (SSSR count). The maximum Gasteiger partial charge on any atom is 0.268 e. The van der Waals surface area contributed by atoms with Crippen molar-refractivity contribution < 1.29 is 24.2 Å². The summed E-state index contributed by atoms with van der Waals surface area (Å²) in [5, 5.41) is 12.7. The van der Waals surface area contributed by atoms with E-state index in [1.54, 1.807) is 30.0 Å². The first kappa shape index (κ1) is 23.6. The Kier molecular flexibility index (Phi) is 7.03. The van der Waals surface area contributed by atoms with E-state index in [4.69, 9.17) is 9.47 Å². The molecule has 3 aromatic rings. The molecular weight excluding hydrogens is 432 g/mol. The maximum absolute atomic E-state index is 13.2. The SMILES string of the molecule is CC(C)N(C[C@H](O)COc1cccc2ccccc12)C(=O)CN1C(=O)[C@@H](C)Oc2ccccc21. The van der Waals surface area contributed by atoms with E-state index in [9.17, 15) is 14.7 Å². The molecule has 1 aliphatic heterocycles. The highest BCUT2D eigenvalue weighted by Crippen LogP contribution is 2.33. The molecule has 0 fully saturated rings. The second-order valence-corrected chi connectivity index (χ2v) is 8.73. The van der Waals surface area contributed by atoms with E-state index in [2.05, 4.69) is 0 Å². The van der Waals surface area contributed by atoms with E-state index in [1.807, 2.05) is 62.4 Å². The van der Waals surface area contributed by atoms with Gasteiger partial charge in [0.2, 0.25) is 5.91 Å². The average Bonchev–Trinajstić information content (AvgIpc) is 2.83. The minimum Gasteiger partial charge on any atom is -0.490 e.